The summed E-state index contributed by atoms with van der Waals surface area (Å²) in [7, 11) is 0. The third-order valence-corrected chi connectivity index (χ3v) is 8.28. The van der Waals surface area contributed by atoms with Gasteiger partial charge in [-0.15, -0.1) is 11.3 Å². The summed E-state index contributed by atoms with van der Waals surface area (Å²) in [5, 5.41) is 3.91. The topological polar surface area (TPSA) is 39.2 Å². The maximum absolute atomic E-state index is 13.7. The first kappa shape index (κ1) is 25.0. The number of ether oxygens (including phenoxy) is 1. The first-order chi connectivity index (χ1) is 17.2. The van der Waals surface area contributed by atoms with Crippen molar-refractivity contribution in [3.05, 3.63) is 97.3 Å². The van der Waals surface area contributed by atoms with Crippen molar-refractivity contribution in [1.29, 1.82) is 0 Å². The molecule has 184 valence electrons. The van der Waals surface area contributed by atoms with E-state index in [4.69, 9.17) is 32.9 Å². The number of carbonyl (C=O) groups excluding carboxylic acids is 1. The van der Waals surface area contributed by atoms with Crippen molar-refractivity contribution in [3.8, 4) is 0 Å². The van der Waals surface area contributed by atoms with E-state index in [9.17, 15) is 4.79 Å². The minimum Gasteiger partial charge on any atom is -0.457 e. The van der Waals surface area contributed by atoms with Crippen molar-refractivity contribution in [2.24, 2.45) is 11.3 Å². The van der Waals surface area contributed by atoms with Gasteiger partial charge in [0.15, 0.2) is 0 Å². The number of esters is 1. The average molecular weight is 537 g/mol. The van der Waals surface area contributed by atoms with Gasteiger partial charge >= 0.3 is 5.97 Å². The Morgan fingerprint density at radius 1 is 1.11 bits per heavy atom. The SMILES string of the molecule is CC(C)(C)[C@H]1C/C(=C/c2cccs2)c2nc3ccccc3c(C(=O)OCc3ccc(Cl)cc3Cl)c2C1. The molecule has 2 aromatic heterocycles. The highest BCUT2D eigenvalue weighted by atomic mass is 35.5. The summed E-state index contributed by atoms with van der Waals surface area (Å²) in [4.78, 5) is 20.0. The lowest BCUT2D eigenvalue weighted by Crippen LogP contribution is -2.28. The molecule has 36 heavy (non-hydrogen) atoms. The monoisotopic (exact) mass is 535 g/mol. The van der Waals surface area contributed by atoms with Gasteiger partial charge in [0, 0.05) is 25.9 Å². The standard InChI is InChI=1S/C30H27Cl2NO2S/c1-30(2,3)20-13-19(14-22-7-6-12-36-22)28-24(15-20)27(23-8-4-5-9-26(23)33-28)29(34)35-17-18-10-11-21(31)16-25(18)32/h4-12,14,16,20H,13,15,17H2,1-3H3/b19-14-/t20-/m0/s1. The predicted molar refractivity (Wildman–Crippen MR) is 151 cm³/mol. The van der Waals surface area contributed by atoms with E-state index in [0.717, 1.165) is 35.0 Å². The molecular weight excluding hydrogens is 509 g/mol. The van der Waals surface area contributed by atoms with Crippen LogP contribution in [-0.4, -0.2) is 11.0 Å². The summed E-state index contributed by atoms with van der Waals surface area (Å²) in [5.74, 6) is -0.00247. The number of para-hydroxylation sites is 1. The van der Waals surface area contributed by atoms with Crippen molar-refractivity contribution < 1.29 is 9.53 Å². The Kier molecular flexibility index (Phi) is 6.95. The highest BCUT2D eigenvalue weighted by Gasteiger charge is 2.35. The molecule has 3 nitrogen and oxygen atoms in total. The molecule has 0 amide bonds. The van der Waals surface area contributed by atoms with Gasteiger partial charge in [-0.2, -0.15) is 0 Å². The van der Waals surface area contributed by atoms with Crippen LogP contribution in [0.4, 0.5) is 0 Å². The number of thiophene rings is 1. The molecule has 2 aromatic carbocycles. The molecule has 0 fully saturated rings. The second-order valence-electron chi connectivity index (χ2n) is 10.3. The van der Waals surface area contributed by atoms with E-state index >= 15 is 0 Å². The summed E-state index contributed by atoms with van der Waals surface area (Å²) in [6.07, 6.45) is 3.91. The summed E-state index contributed by atoms with van der Waals surface area (Å²) >= 11 is 14.1. The number of fused-ring (bicyclic) bond motifs is 2. The quantitative estimate of drug-likeness (QED) is 0.244. The van der Waals surface area contributed by atoms with E-state index in [-0.39, 0.29) is 18.0 Å². The van der Waals surface area contributed by atoms with Crippen LogP contribution >= 0.6 is 34.5 Å². The number of halogens is 2. The van der Waals surface area contributed by atoms with Crippen LogP contribution in [0.2, 0.25) is 10.0 Å². The molecule has 0 saturated heterocycles. The van der Waals surface area contributed by atoms with Crippen LogP contribution < -0.4 is 0 Å². The number of aromatic nitrogens is 1. The molecule has 0 unspecified atom stereocenters. The smallest absolute Gasteiger partial charge is 0.339 e. The molecule has 5 rings (SSSR count). The molecule has 0 aliphatic heterocycles. The zero-order valence-corrected chi connectivity index (χ0v) is 22.8. The van der Waals surface area contributed by atoms with E-state index in [0.29, 0.717) is 27.1 Å². The second kappa shape index (κ2) is 10.0. The Bertz CT molecular complexity index is 1470. The van der Waals surface area contributed by atoms with Crippen LogP contribution in [0.25, 0.3) is 22.6 Å². The number of carbonyl (C=O) groups is 1. The zero-order valence-electron chi connectivity index (χ0n) is 20.5. The molecule has 2 heterocycles. The molecule has 0 saturated carbocycles. The maximum Gasteiger partial charge on any atom is 0.339 e. The van der Waals surface area contributed by atoms with Gasteiger partial charge < -0.3 is 4.74 Å². The van der Waals surface area contributed by atoms with Crippen LogP contribution in [0.1, 0.15) is 59.2 Å². The molecule has 4 aromatic rings. The van der Waals surface area contributed by atoms with Gasteiger partial charge in [-0.05, 0) is 71.0 Å². The fraction of sp³-hybridized carbons (Fsp3) is 0.267. The number of hydrogen-bond donors (Lipinski definition) is 0. The van der Waals surface area contributed by atoms with Gasteiger partial charge in [0.25, 0.3) is 0 Å². The number of pyridine rings is 1. The minimum absolute atomic E-state index is 0.0654. The number of benzene rings is 2. The van der Waals surface area contributed by atoms with Gasteiger partial charge in [0.1, 0.15) is 6.61 Å². The third-order valence-electron chi connectivity index (χ3n) is 6.88. The maximum atomic E-state index is 13.7. The van der Waals surface area contributed by atoms with Crippen molar-refractivity contribution >= 4 is 63.1 Å². The summed E-state index contributed by atoms with van der Waals surface area (Å²) < 4.78 is 5.86. The normalized spacial score (nSPS) is 16.8. The number of nitrogens with zero attached hydrogens (tertiary/aromatic N) is 1. The highest BCUT2D eigenvalue weighted by Crippen LogP contribution is 2.45. The van der Waals surface area contributed by atoms with Crippen molar-refractivity contribution in [2.75, 3.05) is 0 Å². The summed E-state index contributed by atoms with van der Waals surface area (Å²) in [5.41, 5.74) is 5.21. The van der Waals surface area contributed by atoms with Crippen LogP contribution in [0.3, 0.4) is 0 Å². The van der Waals surface area contributed by atoms with Gasteiger partial charge in [-0.3, -0.25) is 0 Å². The Hall–Kier alpha value is -2.66. The fourth-order valence-electron chi connectivity index (χ4n) is 4.77. The Morgan fingerprint density at radius 2 is 1.92 bits per heavy atom. The van der Waals surface area contributed by atoms with Gasteiger partial charge in [-0.25, -0.2) is 9.78 Å². The van der Waals surface area contributed by atoms with Crippen molar-refractivity contribution in [3.63, 3.8) is 0 Å². The van der Waals surface area contributed by atoms with E-state index in [1.165, 1.54) is 10.5 Å². The molecule has 0 spiro atoms. The zero-order chi connectivity index (χ0) is 25.4. The van der Waals surface area contributed by atoms with E-state index in [2.05, 4.69) is 44.4 Å². The second-order valence-corrected chi connectivity index (χ2v) is 12.1. The molecule has 6 heteroatoms. The Balaban J connectivity index is 1.63. The van der Waals surface area contributed by atoms with E-state index < -0.39 is 0 Å². The number of rotatable bonds is 4. The predicted octanol–water partition coefficient (Wildman–Crippen LogP) is 9.11. The van der Waals surface area contributed by atoms with Gasteiger partial charge in [0.05, 0.1) is 16.8 Å². The van der Waals surface area contributed by atoms with Crippen molar-refractivity contribution in [2.45, 2.75) is 40.2 Å². The fourth-order valence-corrected chi connectivity index (χ4v) is 5.91. The lowest BCUT2D eigenvalue weighted by Gasteiger charge is -2.36. The Labute approximate surface area is 225 Å². The first-order valence-corrected chi connectivity index (χ1v) is 13.6. The summed E-state index contributed by atoms with van der Waals surface area (Å²) in [6.45, 7) is 6.86. The number of allylic oxidation sites excluding steroid dienone is 1. The van der Waals surface area contributed by atoms with Crippen LogP contribution in [0.15, 0.2) is 60.0 Å². The lowest BCUT2D eigenvalue weighted by molar-refractivity contribution is 0.0473. The van der Waals surface area contributed by atoms with Gasteiger partial charge in [0.2, 0.25) is 0 Å². The Morgan fingerprint density at radius 3 is 2.64 bits per heavy atom. The largest absolute Gasteiger partial charge is 0.457 e. The lowest BCUT2D eigenvalue weighted by atomic mass is 9.69. The molecule has 0 N–H and O–H groups in total. The summed E-state index contributed by atoms with van der Waals surface area (Å²) in [6, 6.07) is 17.2. The molecule has 0 bridgehead atoms. The van der Waals surface area contributed by atoms with Crippen LogP contribution in [-0.2, 0) is 17.8 Å². The van der Waals surface area contributed by atoms with Crippen molar-refractivity contribution in [1.82, 2.24) is 4.98 Å². The molecular formula is C30H27Cl2NO2S. The molecule has 0 radical (unpaired) electrons. The minimum atomic E-state index is -0.360. The first-order valence-electron chi connectivity index (χ1n) is 12.0. The van der Waals surface area contributed by atoms with E-state index in [1.54, 1.807) is 29.5 Å². The number of hydrogen-bond acceptors (Lipinski definition) is 4. The molecule has 1 atom stereocenters. The van der Waals surface area contributed by atoms with E-state index in [1.807, 2.05) is 24.3 Å². The third kappa shape index (κ3) is 5.08. The molecule has 1 aliphatic carbocycles. The average Bonchev–Trinajstić information content (AvgIpc) is 3.34. The van der Waals surface area contributed by atoms with Gasteiger partial charge in [-0.1, -0.05) is 74.3 Å². The highest BCUT2D eigenvalue weighted by molar-refractivity contribution is 7.10. The van der Waals surface area contributed by atoms with Crippen LogP contribution in [0.5, 0.6) is 0 Å². The molecule has 1 aliphatic rings. The van der Waals surface area contributed by atoms with Crippen LogP contribution in [0, 0.1) is 11.3 Å².